The molecule has 1 aromatic rings. The van der Waals surface area contributed by atoms with Crippen molar-refractivity contribution in [3.63, 3.8) is 0 Å². The maximum absolute atomic E-state index is 10.5. The van der Waals surface area contributed by atoms with E-state index in [2.05, 4.69) is 10.2 Å². The van der Waals surface area contributed by atoms with Crippen LogP contribution in [0.4, 0.5) is 0 Å². The number of rotatable bonds is 5. The van der Waals surface area contributed by atoms with Gasteiger partial charge in [-0.3, -0.25) is 0 Å². The fraction of sp³-hybridized carbons (Fsp3) is 0.600. The summed E-state index contributed by atoms with van der Waals surface area (Å²) in [6.45, 7) is 6.81. The quantitative estimate of drug-likeness (QED) is 0.750. The molecule has 1 heterocycles. The monoisotopic (exact) mass is 280 g/mol. The number of aliphatic hydroxyl groups is 1. The predicted octanol–water partition coefficient (Wildman–Crippen LogP) is 0.975. The Labute approximate surface area is 120 Å². The number of piperazine rings is 1. The molecule has 0 aromatic heterocycles. The van der Waals surface area contributed by atoms with E-state index < -0.39 is 6.10 Å². The summed E-state index contributed by atoms with van der Waals surface area (Å²) >= 11 is 0. The van der Waals surface area contributed by atoms with Gasteiger partial charge in [-0.15, -0.1) is 0 Å². The molecule has 0 spiro atoms. The first-order chi connectivity index (χ1) is 9.61. The number of aromatic hydroxyl groups is 1. The van der Waals surface area contributed by atoms with Gasteiger partial charge in [0.05, 0.1) is 13.2 Å². The summed E-state index contributed by atoms with van der Waals surface area (Å²) in [5, 5.41) is 23.7. The SMILES string of the molecule is COc1ccc(O)c(C(O)C(C)CN2CCNCC2)c1. The predicted molar refractivity (Wildman–Crippen MR) is 78.1 cm³/mol. The molecule has 20 heavy (non-hydrogen) atoms. The molecule has 2 unspecified atom stereocenters. The highest BCUT2D eigenvalue weighted by atomic mass is 16.5. The molecule has 1 aromatic carbocycles. The van der Waals surface area contributed by atoms with Gasteiger partial charge in [-0.25, -0.2) is 0 Å². The van der Waals surface area contributed by atoms with Gasteiger partial charge in [0.25, 0.3) is 0 Å². The summed E-state index contributed by atoms with van der Waals surface area (Å²) in [7, 11) is 1.58. The molecule has 1 aliphatic heterocycles. The van der Waals surface area contributed by atoms with Crippen molar-refractivity contribution < 1.29 is 14.9 Å². The molecule has 2 rings (SSSR count). The number of nitrogens with one attached hydrogen (secondary N) is 1. The standard InChI is InChI=1S/C15H24N2O3/c1-11(10-17-7-5-16-6-8-17)15(19)13-9-12(20-2)3-4-14(13)18/h3-4,9,11,15-16,18-19H,5-8,10H2,1-2H3. The minimum atomic E-state index is -0.694. The van der Waals surface area contributed by atoms with Gasteiger partial charge < -0.3 is 25.2 Å². The third-order valence-corrected chi connectivity index (χ3v) is 3.85. The van der Waals surface area contributed by atoms with Crippen LogP contribution in [0, 0.1) is 5.92 Å². The summed E-state index contributed by atoms with van der Waals surface area (Å²) in [6.07, 6.45) is -0.694. The number of hydrogen-bond acceptors (Lipinski definition) is 5. The van der Waals surface area contributed by atoms with Gasteiger partial charge in [0, 0.05) is 38.3 Å². The topological polar surface area (TPSA) is 65.0 Å². The lowest BCUT2D eigenvalue weighted by Crippen LogP contribution is -2.45. The highest BCUT2D eigenvalue weighted by Gasteiger charge is 2.23. The summed E-state index contributed by atoms with van der Waals surface area (Å²) in [4.78, 5) is 2.33. The van der Waals surface area contributed by atoms with Crippen molar-refractivity contribution in [2.45, 2.75) is 13.0 Å². The van der Waals surface area contributed by atoms with Crippen LogP contribution >= 0.6 is 0 Å². The van der Waals surface area contributed by atoms with Gasteiger partial charge in [0.15, 0.2) is 0 Å². The van der Waals surface area contributed by atoms with Gasteiger partial charge in [0.2, 0.25) is 0 Å². The Bertz CT molecular complexity index is 433. The molecular weight excluding hydrogens is 256 g/mol. The van der Waals surface area contributed by atoms with Crippen molar-refractivity contribution in [3.05, 3.63) is 23.8 Å². The number of benzene rings is 1. The van der Waals surface area contributed by atoms with Crippen LogP contribution in [0.15, 0.2) is 18.2 Å². The number of aliphatic hydroxyl groups excluding tert-OH is 1. The molecule has 5 heteroatoms. The molecule has 1 fully saturated rings. The molecule has 3 N–H and O–H groups in total. The van der Waals surface area contributed by atoms with E-state index in [0.29, 0.717) is 11.3 Å². The lowest BCUT2D eigenvalue weighted by atomic mass is 9.95. The van der Waals surface area contributed by atoms with Crippen molar-refractivity contribution >= 4 is 0 Å². The summed E-state index contributed by atoms with van der Waals surface area (Å²) < 4.78 is 5.15. The Morgan fingerprint density at radius 3 is 2.70 bits per heavy atom. The molecule has 1 saturated heterocycles. The first-order valence-electron chi connectivity index (χ1n) is 7.10. The number of methoxy groups -OCH3 is 1. The van der Waals surface area contributed by atoms with Gasteiger partial charge >= 0.3 is 0 Å². The average Bonchev–Trinajstić information content (AvgIpc) is 2.48. The zero-order valence-corrected chi connectivity index (χ0v) is 12.2. The van der Waals surface area contributed by atoms with Crippen LogP contribution in [0.1, 0.15) is 18.6 Å². The second-order valence-corrected chi connectivity index (χ2v) is 5.40. The Morgan fingerprint density at radius 1 is 1.35 bits per heavy atom. The van der Waals surface area contributed by atoms with E-state index >= 15 is 0 Å². The van der Waals surface area contributed by atoms with Crippen molar-refractivity contribution in [2.75, 3.05) is 39.8 Å². The first-order valence-corrected chi connectivity index (χ1v) is 7.10. The molecule has 0 saturated carbocycles. The second kappa shape index (κ2) is 6.92. The molecule has 0 bridgehead atoms. The number of hydrogen-bond donors (Lipinski definition) is 3. The van der Waals surface area contributed by atoms with Crippen LogP contribution in [-0.2, 0) is 0 Å². The van der Waals surface area contributed by atoms with Gasteiger partial charge in [0.1, 0.15) is 11.5 Å². The molecule has 0 aliphatic carbocycles. The van der Waals surface area contributed by atoms with Crippen molar-refractivity contribution in [2.24, 2.45) is 5.92 Å². The summed E-state index contributed by atoms with van der Waals surface area (Å²) in [5.41, 5.74) is 0.534. The fourth-order valence-corrected chi connectivity index (χ4v) is 2.60. The van der Waals surface area contributed by atoms with Crippen LogP contribution in [0.5, 0.6) is 11.5 Å². The van der Waals surface area contributed by atoms with E-state index in [1.807, 2.05) is 6.92 Å². The Morgan fingerprint density at radius 2 is 2.05 bits per heavy atom. The smallest absolute Gasteiger partial charge is 0.121 e. The Hall–Kier alpha value is -1.30. The third-order valence-electron chi connectivity index (χ3n) is 3.85. The highest BCUT2D eigenvalue weighted by molar-refractivity contribution is 5.40. The van der Waals surface area contributed by atoms with E-state index in [9.17, 15) is 10.2 Å². The van der Waals surface area contributed by atoms with Crippen molar-refractivity contribution in [1.82, 2.24) is 10.2 Å². The van der Waals surface area contributed by atoms with E-state index in [1.54, 1.807) is 25.3 Å². The lowest BCUT2D eigenvalue weighted by molar-refractivity contribution is 0.0821. The van der Waals surface area contributed by atoms with Crippen LogP contribution in [-0.4, -0.2) is 54.9 Å². The first kappa shape index (κ1) is 15.1. The maximum atomic E-state index is 10.5. The maximum Gasteiger partial charge on any atom is 0.121 e. The molecule has 0 radical (unpaired) electrons. The minimum Gasteiger partial charge on any atom is -0.508 e. The fourth-order valence-electron chi connectivity index (χ4n) is 2.60. The normalized spacial score (nSPS) is 19.6. The van der Waals surface area contributed by atoms with E-state index in [1.165, 1.54) is 0 Å². The molecule has 2 atom stereocenters. The largest absolute Gasteiger partial charge is 0.508 e. The van der Waals surface area contributed by atoms with Crippen LogP contribution in [0.25, 0.3) is 0 Å². The zero-order chi connectivity index (χ0) is 14.5. The van der Waals surface area contributed by atoms with E-state index in [-0.39, 0.29) is 11.7 Å². The summed E-state index contributed by atoms with van der Waals surface area (Å²) in [5.74, 6) is 0.808. The van der Waals surface area contributed by atoms with Crippen molar-refractivity contribution in [3.8, 4) is 11.5 Å². The van der Waals surface area contributed by atoms with Gasteiger partial charge in [-0.05, 0) is 24.1 Å². The zero-order valence-electron chi connectivity index (χ0n) is 12.2. The van der Waals surface area contributed by atoms with Gasteiger partial charge in [-0.2, -0.15) is 0 Å². The van der Waals surface area contributed by atoms with Crippen molar-refractivity contribution in [1.29, 1.82) is 0 Å². The Kier molecular flexibility index (Phi) is 5.23. The van der Waals surface area contributed by atoms with Gasteiger partial charge in [-0.1, -0.05) is 6.92 Å². The third kappa shape index (κ3) is 3.62. The molecular formula is C15H24N2O3. The van der Waals surface area contributed by atoms with E-state index in [4.69, 9.17) is 4.74 Å². The van der Waals surface area contributed by atoms with Crippen LogP contribution < -0.4 is 10.1 Å². The highest BCUT2D eigenvalue weighted by Crippen LogP contribution is 2.32. The van der Waals surface area contributed by atoms with Crippen LogP contribution in [0.3, 0.4) is 0 Å². The molecule has 112 valence electrons. The molecule has 1 aliphatic rings. The van der Waals surface area contributed by atoms with Crippen LogP contribution in [0.2, 0.25) is 0 Å². The second-order valence-electron chi connectivity index (χ2n) is 5.40. The lowest BCUT2D eigenvalue weighted by Gasteiger charge is -2.31. The molecule has 0 amide bonds. The molecule has 5 nitrogen and oxygen atoms in total. The number of phenols is 1. The Balaban J connectivity index is 2.03. The number of nitrogens with zero attached hydrogens (tertiary/aromatic N) is 1. The van der Waals surface area contributed by atoms with E-state index in [0.717, 1.165) is 32.7 Å². The number of ether oxygens (including phenoxy) is 1. The number of phenolic OH excluding ortho intramolecular Hbond substituents is 1. The minimum absolute atomic E-state index is 0.0473. The summed E-state index contributed by atoms with van der Waals surface area (Å²) in [6, 6.07) is 4.95. The average molecular weight is 280 g/mol.